The lowest BCUT2D eigenvalue weighted by Crippen LogP contribution is -2.37. The summed E-state index contributed by atoms with van der Waals surface area (Å²) in [5, 5.41) is 3.16. The van der Waals surface area contributed by atoms with Crippen LogP contribution in [0.2, 0.25) is 0 Å². The SMILES string of the molecule is CC(C)CN1C(=O)c2ccc(C(=O)N3CCc4[nH]n(-c5ccccc5)c(=O)c4C3)cc2C1=O. The fraction of sp³-hybridized carbons (Fsp3) is 0.280. The van der Waals surface area contributed by atoms with Gasteiger partial charge in [0.2, 0.25) is 0 Å². The van der Waals surface area contributed by atoms with Crippen molar-refractivity contribution in [1.29, 1.82) is 0 Å². The molecule has 0 radical (unpaired) electrons. The molecule has 0 unspecified atom stereocenters. The number of benzene rings is 2. The number of para-hydroxylation sites is 1. The number of aromatic amines is 1. The fourth-order valence-corrected chi connectivity index (χ4v) is 4.47. The third-order valence-corrected chi connectivity index (χ3v) is 6.12. The van der Waals surface area contributed by atoms with Crippen LogP contribution < -0.4 is 5.56 Å². The quantitative estimate of drug-likeness (QED) is 0.626. The normalized spacial score (nSPS) is 15.2. The average Bonchev–Trinajstić information content (AvgIpc) is 3.27. The molecule has 8 nitrogen and oxygen atoms in total. The summed E-state index contributed by atoms with van der Waals surface area (Å²) in [6.45, 7) is 4.86. The lowest BCUT2D eigenvalue weighted by molar-refractivity contribution is 0.0635. The number of aromatic nitrogens is 2. The minimum Gasteiger partial charge on any atom is -0.334 e. The largest absolute Gasteiger partial charge is 0.334 e. The van der Waals surface area contributed by atoms with Crippen molar-refractivity contribution in [3.8, 4) is 5.69 Å². The van der Waals surface area contributed by atoms with Gasteiger partial charge in [-0.25, -0.2) is 4.68 Å². The summed E-state index contributed by atoms with van der Waals surface area (Å²) in [6, 6.07) is 13.9. The van der Waals surface area contributed by atoms with Crippen LogP contribution in [0.1, 0.15) is 56.2 Å². The van der Waals surface area contributed by atoms with E-state index in [1.54, 1.807) is 17.0 Å². The first kappa shape index (κ1) is 20.9. The number of fused-ring (bicyclic) bond motifs is 2. The van der Waals surface area contributed by atoms with Gasteiger partial charge in [0.15, 0.2) is 0 Å². The molecule has 2 aromatic carbocycles. The van der Waals surface area contributed by atoms with Crippen molar-refractivity contribution >= 4 is 17.7 Å². The van der Waals surface area contributed by atoms with Gasteiger partial charge < -0.3 is 4.90 Å². The van der Waals surface area contributed by atoms with Crippen molar-refractivity contribution in [2.75, 3.05) is 13.1 Å². The van der Waals surface area contributed by atoms with Crippen LogP contribution in [0.4, 0.5) is 0 Å². The molecule has 0 aliphatic carbocycles. The zero-order valence-electron chi connectivity index (χ0n) is 18.5. The number of imide groups is 1. The van der Waals surface area contributed by atoms with E-state index in [-0.39, 0.29) is 41.3 Å². The van der Waals surface area contributed by atoms with Crippen LogP contribution in [0, 0.1) is 5.92 Å². The standard InChI is InChI=1S/C25H24N4O4/c1-15(2)13-28-23(31)18-9-8-16(12-19(18)24(28)32)22(30)27-11-10-21-20(14-27)25(33)29(26-21)17-6-4-3-5-7-17/h3-9,12,15,26H,10-11,13-14H2,1-2H3. The second-order valence-electron chi connectivity index (χ2n) is 8.90. The molecule has 0 saturated heterocycles. The highest BCUT2D eigenvalue weighted by molar-refractivity contribution is 6.22. The summed E-state index contributed by atoms with van der Waals surface area (Å²) in [7, 11) is 0. The molecule has 33 heavy (non-hydrogen) atoms. The molecule has 0 fully saturated rings. The number of H-pyrrole nitrogens is 1. The number of carbonyl (C=O) groups excluding carboxylic acids is 3. The lowest BCUT2D eigenvalue weighted by atomic mass is 10.0. The van der Waals surface area contributed by atoms with Crippen molar-refractivity contribution in [2.24, 2.45) is 5.92 Å². The van der Waals surface area contributed by atoms with Gasteiger partial charge in [-0.1, -0.05) is 32.0 Å². The minimum atomic E-state index is -0.365. The van der Waals surface area contributed by atoms with E-state index < -0.39 is 0 Å². The predicted octanol–water partition coefficient (Wildman–Crippen LogP) is 2.62. The minimum absolute atomic E-state index is 0.150. The Morgan fingerprint density at radius 3 is 2.45 bits per heavy atom. The Kier molecular flexibility index (Phi) is 5.00. The molecule has 0 saturated carbocycles. The maximum atomic E-state index is 13.2. The van der Waals surface area contributed by atoms with Crippen molar-refractivity contribution in [3.05, 3.63) is 86.8 Å². The highest BCUT2D eigenvalue weighted by atomic mass is 16.2. The van der Waals surface area contributed by atoms with Gasteiger partial charge in [0.25, 0.3) is 23.3 Å². The van der Waals surface area contributed by atoms with E-state index in [1.807, 2.05) is 44.2 Å². The van der Waals surface area contributed by atoms with Gasteiger partial charge >= 0.3 is 0 Å². The second kappa shape index (κ2) is 7.88. The zero-order valence-corrected chi connectivity index (χ0v) is 18.5. The van der Waals surface area contributed by atoms with E-state index >= 15 is 0 Å². The molecule has 8 heteroatoms. The van der Waals surface area contributed by atoms with Gasteiger partial charge in [0, 0.05) is 30.8 Å². The smallest absolute Gasteiger partial charge is 0.276 e. The van der Waals surface area contributed by atoms with Gasteiger partial charge in [-0.2, -0.15) is 0 Å². The van der Waals surface area contributed by atoms with Crippen molar-refractivity contribution in [3.63, 3.8) is 0 Å². The van der Waals surface area contributed by atoms with Crippen LogP contribution in [-0.4, -0.2) is 50.4 Å². The first-order valence-corrected chi connectivity index (χ1v) is 11.0. The van der Waals surface area contributed by atoms with E-state index in [0.717, 1.165) is 11.4 Å². The summed E-state index contributed by atoms with van der Waals surface area (Å²) in [5.74, 6) is -0.801. The fourth-order valence-electron chi connectivity index (χ4n) is 4.47. The number of hydrogen-bond donors (Lipinski definition) is 1. The molecule has 0 spiro atoms. The van der Waals surface area contributed by atoms with Gasteiger partial charge in [-0.05, 0) is 36.2 Å². The van der Waals surface area contributed by atoms with E-state index in [2.05, 4.69) is 5.10 Å². The summed E-state index contributed by atoms with van der Waals surface area (Å²) in [4.78, 5) is 54.4. The van der Waals surface area contributed by atoms with Gasteiger partial charge in [0.1, 0.15) is 0 Å². The molecule has 3 heterocycles. The third-order valence-electron chi connectivity index (χ3n) is 6.12. The third kappa shape index (κ3) is 3.47. The summed E-state index contributed by atoms with van der Waals surface area (Å²) < 4.78 is 1.50. The van der Waals surface area contributed by atoms with Crippen LogP contribution in [0.15, 0.2) is 53.3 Å². The molecular weight excluding hydrogens is 420 g/mol. The number of amides is 3. The topological polar surface area (TPSA) is 95.5 Å². The molecule has 2 aliphatic rings. The summed E-state index contributed by atoms with van der Waals surface area (Å²) >= 11 is 0. The molecule has 1 aromatic heterocycles. The van der Waals surface area contributed by atoms with Crippen LogP contribution in [0.5, 0.6) is 0 Å². The molecular formula is C25H24N4O4. The lowest BCUT2D eigenvalue weighted by Gasteiger charge is -2.26. The highest BCUT2D eigenvalue weighted by Gasteiger charge is 2.36. The molecule has 3 amide bonds. The molecule has 3 aromatic rings. The molecule has 0 atom stereocenters. The molecule has 5 rings (SSSR count). The number of nitrogens with one attached hydrogen (secondary N) is 1. The molecule has 168 valence electrons. The van der Waals surface area contributed by atoms with E-state index in [0.29, 0.717) is 36.2 Å². The maximum Gasteiger partial charge on any atom is 0.276 e. The Morgan fingerprint density at radius 1 is 1.00 bits per heavy atom. The zero-order chi connectivity index (χ0) is 23.3. The van der Waals surface area contributed by atoms with Crippen molar-refractivity contribution in [1.82, 2.24) is 19.6 Å². The Morgan fingerprint density at radius 2 is 1.73 bits per heavy atom. The molecule has 1 N–H and O–H groups in total. The van der Waals surface area contributed by atoms with Crippen LogP contribution in [-0.2, 0) is 13.0 Å². The molecule has 0 bridgehead atoms. The molecule has 2 aliphatic heterocycles. The van der Waals surface area contributed by atoms with Crippen LogP contribution >= 0.6 is 0 Å². The Hall–Kier alpha value is -3.94. The Balaban J connectivity index is 1.40. The summed E-state index contributed by atoms with van der Waals surface area (Å²) in [6.07, 6.45) is 0.528. The Labute approximate surface area is 190 Å². The van der Waals surface area contributed by atoms with Crippen LogP contribution in [0.3, 0.4) is 0 Å². The second-order valence-corrected chi connectivity index (χ2v) is 8.90. The van der Waals surface area contributed by atoms with E-state index in [9.17, 15) is 19.2 Å². The van der Waals surface area contributed by atoms with Gasteiger partial charge in [-0.3, -0.25) is 29.2 Å². The first-order valence-electron chi connectivity index (χ1n) is 11.0. The van der Waals surface area contributed by atoms with Gasteiger partial charge in [-0.15, -0.1) is 0 Å². The number of nitrogens with zero attached hydrogens (tertiary/aromatic N) is 3. The Bertz CT molecular complexity index is 1340. The van der Waals surface area contributed by atoms with E-state index in [4.69, 9.17) is 0 Å². The maximum absolute atomic E-state index is 13.2. The van der Waals surface area contributed by atoms with Gasteiger partial charge in [0.05, 0.1) is 28.9 Å². The monoisotopic (exact) mass is 444 g/mol. The number of carbonyl (C=O) groups is 3. The van der Waals surface area contributed by atoms with Crippen molar-refractivity contribution in [2.45, 2.75) is 26.8 Å². The predicted molar refractivity (Wildman–Crippen MR) is 121 cm³/mol. The van der Waals surface area contributed by atoms with Crippen molar-refractivity contribution < 1.29 is 14.4 Å². The van der Waals surface area contributed by atoms with Crippen LogP contribution in [0.25, 0.3) is 5.69 Å². The number of rotatable bonds is 4. The average molecular weight is 444 g/mol. The highest BCUT2D eigenvalue weighted by Crippen LogP contribution is 2.26. The first-order chi connectivity index (χ1) is 15.8. The number of hydrogen-bond acceptors (Lipinski definition) is 4. The summed E-state index contributed by atoms with van der Waals surface area (Å²) in [5.41, 5.74) is 2.88. The van der Waals surface area contributed by atoms with E-state index in [1.165, 1.54) is 15.6 Å².